The maximum atomic E-state index is 12.2. The summed E-state index contributed by atoms with van der Waals surface area (Å²) in [5, 5.41) is 9.32. The first-order chi connectivity index (χ1) is 10.1. The van der Waals surface area contributed by atoms with Crippen molar-refractivity contribution in [2.75, 3.05) is 13.1 Å². The second kappa shape index (κ2) is 5.37. The van der Waals surface area contributed by atoms with Crippen LogP contribution in [0.25, 0.3) is 11.0 Å². The largest absolute Gasteiger partial charge is 0.478 e. The number of hydrogen-bond donors (Lipinski definition) is 2. The number of benzene rings is 1. The van der Waals surface area contributed by atoms with Crippen molar-refractivity contribution in [2.45, 2.75) is 32.4 Å². The summed E-state index contributed by atoms with van der Waals surface area (Å²) >= 11 is 0. The number of H-pyrrole nitrogens is 1. The second-order valence-corrected chi connectivity index (χ2v) is 5.64. The number of rotatable bonds is 4. The van der Waals surface area contributed by atoms with Crippen LogP contribution in [0.5, 0.6) is 0 Å². The summed E-state index contributed by atoms with van der Waals surface area (Å²) in [5.74, 6) is -1.01. The minimum absolute atomic E-state index is 0.166. The molecular formula is C15H19N3O3. The molecule has 1 aliphatic heterocycles. The zero-order valence-corrected chi connectivity index (χ0v) is 12.0. The van der Waals surface area contributed by atoms with E-state index in [0.717, 1.165) is 13.1 Å². The number of carboxylic acid groups (broad SMARTS) is 1. The van der Waals surface area contributed by atoms with E-state index in [1.165, 1.54) is 18.9 Å². The van der Waals surface area contributed by atoms with Crippen molar-refractivity contribution in [2.24, 2.45) is 0 Å². The molecule has 1 atom stereocenters. The molecular weight excluding hydrogens is 270 g/mol. The molecule has 1 saturated heterocycles. The predicted octanol–water partition coefficient (Wildman–Crippen LogP) is 1.51. The topological polar surface area (TPSA) is 78.3 Å². The molecule has 0 radical (unpaired) electrons. The molecule has 0 amide bonds. The summed E-state index contributed by atoms with van der Waals surface area (Å²) in [7, 11) is 0. The number of hydrogen-bond acceptors (Lipinski definition) is 3. The summed E-state index contributed by atoms with van der Waals surface area (Å²) < 4.78 is 1.56. The SMILES string of the molecule is CC(Cn1c(=O)[nH]c2cccc(C(=O)O)c21)N1CCCC1. The van der Waals surface area contributed by atoms with Crippen molar-refractivity contribution in [3.63, 3.8) is 0 Å². The number of imidazole rings is 1. The van der Waals surface area contributed by atoms with Gasteiger partial charge in [0.25, 0.3) is 0 Å². The van der Waals surface area contributed by atoms with Gasteiger partial charge >= 0.3 is 11.7 Å². The number of nitrogens with zero attached hydrogens (tertiary/aromatic N) is 2. The Morgan fingerprint density at radius 3 is 2.76 bits per heavy atom. The fourth-order valence-corrected chi connectivity index (χ4v) is 3.13. The van der Waals surface area contributed by atoms with E-state index >= 15 is 0 Å². The van der Waals surface area contributed by atoms with Crippen LogP contribution >= 0.6 is 0 Å². The van der Waals surface area contributed by atoms with Gasteiger partial charge in [-0.3, -0.25) is 9.47 Å². The third-order valence-corrected chi connectivity index (χ3v) is 4.23. The quantitative estimate of drug-likeness (QED) is 0.894. The van der Waals surface area contributed by atoms with E-state index in [2.05, 4.69) is 16.8 Å². The lowest BCUT2D eigenvalue weighted by Gasteiger charge is -2.24. The number of para-hydroxylation sites is 1. The van der Waals surface area contributed by atoms with E-state index in [9.17, 15) is 14.7 Å². The number of carboxylic acids is 1. The van der Waals surface area contributed by atoms with Gasteiger partial charge in [0.05, 0.1) is 16.6 Å². The van der Waals surface area contributed by atoms with Gasteiger partial charge in [0, 0.05) is 12.6 Å². The number of aromatic carboxylic acids is 1. The minimum Gasteiger partial charge on any atom is -0.478 e. The molecule has 3 rings (SSSR count). The van der Waals surface area contributed by atoms with Crippen LogP contribution in [0.15, 0.2) is 23.0 Å². The van der Waals surface area contributed by atoms with Crippen molar-refractivity contribution >= 4 is 17.0 Å². The molecule has 2 heterocycles. The van der Waals surface area contributed by atoms with Gasteiger partial charge in [0.1, 0.15) is 0 Å². The second-order valence-electron chi connectivity index (χ2n) is 5.64. The standard InChI is InChI=1S/C15H19N3O3/c1-10(17-7-2-3-8-17)9-18-13-11(14(19)20)5-4-6-12(13)16-15(18)21/h4-6,10H,2-3,7-9H2,1H3,(H,16,21)(H,19,20). The van der Waals surface area contributed by atoms with Crippen molar-refractivity contribution in [1.29, 1.82) is 0 Å². The average Bonchev–Trinajstić information content (AvgIpc) is 3.07. The van der Waals surface area contributed by atoms with Crippen LogP contribution in [0.3, 0.4) is 0 Å². The molecule has 2 N–H and O–H groups in total. The Hall–Kier alpha value is -2.08. The molecule has 1 aromatic heterocycles. The summed E-state index contributed by atoms with van der Waals surface area (Å²) in [5.41, 5.74) is 0.985. The number of aromatic nitrogens is 2. The fraction of sp³-hybridized carbons (Fsp3) is 0.467. The smallest absolute Gasteiger partial charge is 0.337 e. The Morgan fingerprint density at radius 2 is 2.10 bits per heavy atom. The van der Waals surface area contributed by atoms with Gasteiger partial charge in [-0.15, -0.1) is 0 Å². The first kappa shape index (κ1) is 13.9. The van der Waals surface area contributed by atoms with Crippen LogP contribution in [0.2, 0.25) is 0 Å². The van der Waals surface area contributed by atoms with Gasteiger partial charge in [0.15, 0.2) is 0 Å². The van der Waals surface area contributed by atoms with E-state index < -0.39 is 5.97 Å². The van der Waals surface area contributed by atoms with E-state index in [-0.39, 0.29) is 17.3 Å². The van der Waals surface area contributed by atoms with Crippen molar-refractivity contribution in [1.82, 2.24) is 14.5 Å². The average molecular weight is 289 g/mol. The van der Waals surface area contributed by atoms with Gasteiger partial charge in [-0.2, -0.15) is 0 Å². The van der Waals surface area contributed by atoms with Gasteiger partial charge in [-0.1, -0.05) is 6.07 Å². The maximum absolute atomic E-state index is 12.2. The Morgan fingerprint density at radius 1 is 1.38 bits per heavy atom. The highest BCUT2D eigenvalue weighted by atomic mass is 16.4. The first-order valence-corrected chi connectivity index (χ1v) is 7.27. The molecule has 1 aliphatic rings. The highest BCUT2D eigenvalue weighted by molar-refractivity contribution is 6.01. The molecule has 0 spiro atoms. The lowest BCUT2D eigenvalue weighted by atomic mass is 10.2. The Bertz CT molecular complexity index is 725. The molecule has 112 valence electrons. The lowest BCUT2D eigenvalue weighted by Crippen LogP contribution is -2.36. The Kier molecular flexibility index (Phi) is 3.55. The van der Waals surface area contributed by atoms with Crippen molar-refractivity contribution in [3.8, 4) is 0 Å². The fourth-order valence-electron chi connectivity index (χ4n) is 3.13. The first-order valence-electron chi connectivity index (χ1n) is 7.27. The molecule has 0 saturated carbocycles. The third kappa shape index (κ3) is 2.47. The van der Waals surface area contributed by atoms with E-state index in [1.54, 1.807) is 16.7 Å². The zero-order valence-electron chi connectivity index (χ0n) is 12.0. The van der Waals surface area contributed by atoms with Crippen LogP contribution < -0.4 is 5.69 Å². The number of carbonyl (C=O) groups is 1. The van der Waals surface area contributed by atoms with Crippen molar-refractivity contribution in [3.05, 3.63) is 34.2 Å². The highest BCUT2D eigenvalue weighted by Crippen LogP contribution is 2.18. The van der Waals surface area contributed by atoms with Crippen LogP contribution in [-0.2, 0) is 6.54 Å². The van der Waals surface area contributed by atoms with E-state index in [0.29, 0.717) is 17.6 Å². The summed E-state index contributed by atoms with van der Waals surface area (Å²) in [6.45, 7) is 4.68. The van der Waals surface area contributed by atoms with Gasteiger partial charge in [-0.25, -0.2) is 9.59 Å². The molecule has 1 fully saturated rings. The van der Waals surface area contributed by atoms with E-state index in [1.807, 2.05) is 0 Å². The number of nitrogens with one attached hydrogen (secondary N) is 1. The molecule has 1 unspecified atom stereocenters. The lowest BCUT2D eigenvalue weighted by molar-refractivity contribution is 0.0698. The highest BCUT2D eigenvalue weighted by Gasteiger charge is 2.21. The number of fused-ring (bicyclic) bond motifs is 1. The normalized spacial score (nSPS) is 17.4. The Labute approximate surface area is 122 Å². The van der Waals surface area contributed by atoms with Crippen LogP contribution in [0, 0.1) is 0 Å². The minimum atomic E-state index is -1.01. The van der Waals surface area contributed by atoms with Gasteiger partial charge in [0.2, 0.25) is 0 Å². The van der Waals surface area contributed by atoms with Crippen molar-refractivity contribution < 1.29 is 9.90 Å². The monoisotopic (exact) mass is 289 g/mol. The molecule has 21 heavy (non-hydrogen) atoms. The number of likely N-dealkylation sites (tertiary alicyclic amines) is 1. The summed E-state index contributed by atoms with van der Waals surface area (Å²) in [6, 6.07) is 5.14. The molecule has 6 heteroatoms. The molecule has 1 aromatic carbocycles. The van der Waals surface area contributed by atoms with Crippen LogP contribution in [0.4, 0.5) is 0 Å². The number of aromatic amines is 1. The molecule has 2 aromatic rings. The summed E-state index contributed by atoms with van der Waals surface area (Å²) in [4.78, 5) is 28.6. The van der Waals surface area contributed by atoms with Crippen LogP contribution in [0.1, 0.15) is 30.1 Å². The van der Waals surface area contributed by atoms with Gasteiger partial charge in [-0.05, 0) is 45.0 Å². The Balaban J connectivity index is 2.03. The molecule has 0 bridgehead atoms. The zero-order chi connectivity index (χ0) is 15.0. The summed E-state index contributed by atoms with van der Waals surface area (Å²) in [6.07, 6.45) is 2.38. The molecule has 0 aliphatic carbocycles. The third-order valence-electron chi connectivity index (χ3n) is 4.23. The van der Waals surface area contributed by atoms with Gasteiger partial charge < -0.3 is 10.1 Å². The maximum Gasteiger partial charge on any atom is 0.337 e. The van der Waals surface area contributed by atoms with E-state index in [4.69, 9.17) is 0 Å². The predicted molar refractivity (Wildman–Crippen MR) is 79.8 cm³/mol. The van der Waals surface area contributed by atoms with Crippen LogP contribution in [-0.4, -0.2) is 44.7 Å². The molecule has 6 nitrogen and oxygen atoms in total.